The predicted molar refractivity (Wildman–Crippen MR) is 44.0 cm³/mol. The van der Waals surface area contributed by atoms with Crippen LogP contribution in [0.5, 0.6) is 0 Å². The number of amides is 1. The Morgan fingerprint density at radius 2 is 2.55 bits per heavy atom. The highest BCUT2D eigenvalue weighted by molar-refractivity contribution is 5.96. The number of nitrogens with one attached hydrogen (secondary N) is 1. The summed E-state index contributed by atoms with van der Waals surface area (Å²) < 4.78 is 0. The Hall–Kier alpha value is -1.27. The van der Waals surface area contributed by atoms with Crippen molar-refractivity contribution in [1.82, 2.24) is 5.32 Å². The maximum Gasteiger partial charge on any atom is 0.259 e. The summed E-state index contributed by atoms with van der Waals surface area (Å²) in [7, 11) is 0. The smallest absolute Gasteiger partial charge is 0.259 e. The first-order valence-corrected chi connectivity index (χ1v) is 3.76. The van der Waals surface area contributed by atoms with Gasteiger partial charge in [-0.25, -0.2) is 0 Å². The van der Waals surface area contributed by atoms with Crippen molar-refractivity contribution in [2.24, 2.45) is 0 Å². The molecule has 0 aliphatic heterocycles. The highest BCUT2D eigenvalue weighted by atomic mass is 16.1. The van der Waals surface area contributed by atoms with Gasteiger partial charge in [0.25, 0.3) is 5.91 Å². The fourth-order valence-electron chi connectivity index (χ4n) is 0.805. The van der Waals surface area contributed by atoms with E-state index in [1.807, 2.05) is 6.92 Å². The van der Waals surface area contributed by atoms with Gasteiger partial charge in [-0.3, -0.25) is 4.79 Å². The minimum absolute atomic E-state index is 0.0307. The van der Waals surface area contributed by atoms with Crippen molar-refractivity contribution in [2.75, 3.05) is 6.54 Å². The normalized spacial score (nSPS) is 13.4. The van der Waals surface area contributed by atoms with Crippen molar-refractivity contribution in [3.05, 3.63) is 29.5 Å². The minimum Gasteiger partial charge on any atom is -0.352 e. The van der Waals surface area contributed by atoms with Crippen LogP contribution in [0.25, 0.3) is 0 Å². The second-order valence-corrected chi connectivity index (χ2v) is 2.34. The average Bonchev–Trinajstić information content (AvgIpc) is 2.52. The average molecular weight is 149 g/mol. The molecular formula is C9H11NO. The van der Waals surface area contributed by atoms with Crippen LogP contribution >= 0.6 is 0 Å². The molecule has 1 amide bonds. The molecule has 0 heterocycles. The molecule has 0 spiro atoms. The van der Waals surface area contributed by atoms with E-state index in [4.69, 9.17) is 0 Å². The molecule has 1 aliphatic rings. The summed E-state index contributed by atoms with van der Waals surface area (Å²) >= 11 is 0. The lowest BCUT2D eigenvalue weighted by atomic mass is 10.3. The summed E-state index contributed by atoms with van der Waals surface area (Å²) in [4.78, 5) is 11.1. The van der Waals surface area contributed by atoms with E-state index >= 15 is 0 Å². The first-order chi connectivity index (χ1) is 5.34. The monoisotopic (exact) mass is 149 g/mol. The third-order valence-electron chi connectivity index (χ3n) is 1.38. The summed E-state index contributed by atoms with van der Waals surface area (Å²) in [5, 5.41) is 2.76. The first kappa shape index (κ1) is 7.83. The molecule has 2 heteroatoms. The molecule has 58 valence electrons. The summed E-state index contributed by atoms with van der Waals surface area (Å²) in [6.45, 7) is 2.76. The van der Waals surface area contributed by atoms with Crippen LogP contribution in [0.4, 0.5) is 0 Å². The van der Waals surface area contributed by atoms with Crippen molar-refractivity contribution in [3.8, 4) is 0 Å². The fourth-order valence-corrected chi connectivity index (χ4v) is 0.805. The van der Waals surface area contributed by atoms with Gasteiger partial charge in [-0.2, -0.15) is 0 Å². The van der Waals surface area contributed by atoms with E-state index in [0.29, 0.717) is 5.57 Å². The standard InChI is InChI=1S/C9H11NO/c1-2-7-10-9(11)8-5-3-4-6-8/h3-5H,2,7H2,1H3,(H,10,11). The van der Waals surface area contributed by atoms with E-state index in [9.17, 15) is 4.79 Å². The van der Waals surface area contributed by atoms with Crippen LogP contribution in [0, 0.1) is 0 Å². The zero-order valence-electron chi connectivity index (χ0n) is 6.55. The Bertz CT molecular complexity index is 244. The van der Waals surface area contributed by atoms with Gasteiger partial charge in [0, 0.05) is 6.54 Å². The highest BCUT2D eigenvalue weighted by Crippen LogP contribution is 2.00. The molecule has 0 bridgehead atoms. The molecular weight excluding hydrogens is 138 g/mol. The summed E-state index contributed by atoms with van der Waals surface area (Å²) in [6, 6.07) is 0. The molecule has 0 atom stereocenters. The van der Waals surface area contributed by atoms with E-state index in [2.05, 4.69) is 11.0 Å². The zero-order chi connectivity index (χ0) is 8.10. The third-order valence-corrected chi connectivity index (χ3v) is 1.38. The van der Waals surface area contributed by atoms with Gasteiger partial charge in [-0.15, -0.1) is 5.73 Å². The number of carbonyl (C=O) groups excluding carboxylic acids is 1. The Labute approximate surface area is 66.3 Å². The molecule has 0 saturated carbocycles. The molecule has 1 rings (SSSR count). The molecule has 0 fully saturated rings. The Morgan fingerprint density at radius 3 is 3.09 bits per heavy atom. The van der Waals surface area contributed by atoms with Gasteiger partial charge in [0.1, 0.15) is 0 Å². The second kappa shape index (κ2) is 3.79. The summed E-state index contributed by atoms with van der Waals surface area (Å²) in [5.74, 6) is -0.0307. The lowest BCUT2D eigenvalue weighted by Crippen LogP contribution is -2.24. The molecule has 2 nitrogen and oxygen atoms in total. The second-order valence-electron chi connectivity index (χ2n) is 2.34. The van der Waals surface area contributed by atoms with Crippen molar-refractivity contribution >= 4 is 5.91 Å². The minimum atomic E-state index is -0.0307. The number of allylic oxidation sites excluding steroid dienone is 1. The van der Waals surface area contributed by atoms with Crippen LogP contribution in [-0.4, -0.2) is 12.5 Å². The SMILES string of the molecule is CCCNC(=O)C1=C=CC=C1. The Morgan fingerprint density at radius 1 is 1.73 bits per heavy atom. The molecule has 1 N–H and O–H groups in total. The maximum atomic E-state index is 11.1. The molecule has 11 heavy (non-hydrogen) atoms. The van der Waals surface area contributed by atoms with Crippen LogP contribution in [-0.2, 0) is 4.79 Å². The topological polar surface area (TPSA) is 29.1 Å². The van der Waals surface area contributed by atoms with Gasteiger partial charge >= 0.3 is 0 Å². The molecule has 0 aromatic rings. The lowest BCUT2D eigenvalue weighted by Gasteiger charge is -1.99. The van der Waals surface area contributed by atoms with Crippen molar-refractivity contribution in [3.63, 3.8) is 0 Å². The van der Waals surface area contributed by atoms with E-state index in [0.717, 1.165) is 13.0 Å². The quantitative estimate of drug-likeness (QED) is 0.599. The largest absolute Gasteiger partial charge is 0.352 e. The number of hydrogen-bond donors (Lipinski definition) is 1. The van der Waals surface area contributed by atoms with Crippen LogP contribution in [0.3, 0.4) is 0 Å². The predicted octanol–water partition coefficient (Wildman–Crippen LogP) is 1.16. The highest BCUT2D eigenvalue weighted by Gasteiger charge is 2.04. The molecule has 0 aromatic carbocycles. The van der Waals surface area contributed by atoms with Crippen molar-refractivity contribution < 1.29 is 4.79 Å². The van der Waals surface area contributed by atoms with E-state index in [1.54, 1.807) is 18.2 Å². The summed E-state index contributed by atoms with van der Waals surface area (Å²) in [6.07, 6.45) is 6.26. The van der Waals surface area contributed by atoms with E-state index in [-0.39, 0.29) is 5.91 Å². The molecule has 0 radical (unpaired) electrons. The zero-order valence-corrected chi connectivity index (χ0v) is 6.55. The van der Waals surface area contributed by atoms with Gasteiger partial charge in [0.2, 0.25) is 0 Å². The van der Waals surface area contributed by atoms with Gasteiger partial charge in [0.15, 0.2) is 0 Å². The van der Waals surface area contributed by atoms with Gasteiger partial charge in [0.05, 0.1) is 5.57 Å². The van der Waals surface area contributed by atoms with E-state index in [1.165, 1.54) is 0 Å². The molecule has 0 saturated heterocycles. The van der Waals surface area contributed by atoms with Crippen molar-refractivity contribution in [2.45, 2.75) is 13.3 Å². The third kappa shape index (κ3) is 2.10. The number of hydrogen-bond acceptors (Lipinski definition) is 1. The van der Waals surface area contributed by atoms with Crippen LogP contribution in [0.15, 0.2) is 29.5 Å². The summed E-state index contributed by atoms with van der Waals surface area (Å²) in [5.41, 5.74) is 3.46. The van der Waals surface area contributed by atoms with Crippen LogP contribution in [0.2, 0.25) is 0 Å². The first-order valence-electron chi connectivity index (χ1n) is 3.76. The Balaban J connectivity index is 2.43. The fraction of sp³-hybridized carbons (Fsp3) is 0.333. The Kier molecular flexibility index (Phi) is 2.70. The van der Waals surface area contributed by atoms with E-state index < -0.39 is 0 Å². The van der Waals surface area contributed by atoms with Gasteiger partial charge < -0.3 is 5.32 Å². The van der Waals surface area contributed by atoms with Crippen molar-refractivity contribution in [1.29, 1.82) is 0 Å². The van der Waals surface area contributed by atoms with Crippen LogP contribution < -0.4 is 5.32 Å². The molecule has 1 aliphatic carbocycles. The number of carbonyl (C=O) groups is 1. The maximum absolute atomic E-state index is 11.1. The lowest BCUT2D eigenvalue weighted by molar-refractivity contribution is -0.117. The van der Waals surface area contributed by atoms with Gasteiger partial charge in [-0.1, -0.05) is 13.0 Å². The number of rotatable bonds is 3. The van der Waals surface area contributed by atoms with Gasteiger partial charge in [-0.05, 0) is 18.6 Å². The van der Waals surface area contributed by atoms with Crippen LogP contribution in [0.1, 0.15) is 13.3 Å². The molecule has 0 unspecified atom stereocenters. The molecule has 0 aromatic heterocycles.